The molecule has 0 aliphatic carbocycles. The SMILES string of the molecule is Cc1ccc(Cl)cc1N(Cc1ccc(C(=O)N/N=C\c2cccc(OC3CSC3)c2)cc1)S(=O)(=O)c1ccccc1. The van der Waals surface area contributed by atoms with E-state index in [1.807, 2.05) is 43.0 Å². The van der Waals surface area contributed by atoms with Gasteiger partial charge in [0.2, 0.25) is 0 Å². The minimum absolute atomic E-state index is 0.0520. The summed E-state index contributed by atoms with van der Waals surface area (Å²) >= 11 is 8.10. The van der Waals surface area contributed by atoms with Crippen LogP contribution in [-0.4, -0.2) is 38.1 Å². The number of carbonyl (C=O) groups is 1. The number of halogens is 1. The topological polar surface area (TPSA) is 88.1 Å². The molecule has 1 saturated heterocycles. The average molecular weight is 606 g/mol. The molecule has 1 aliphatic rings. The van der Waals surface area contributed by atoms with E-state index in [9.17, 15) is 13.2 Å². The first kappa shape index (κ1) is 28.7. The van der Waals surface area contributed by atoms with Crippen LogP contribution in [0.15, 0.2) is 107 Å². The molecule has 1 aliphatic heterocycles. The lowest BCUT2D eigenvalue weighted by Gasteiger charge is -2.26. The Morgan fingerprint density at radius 1 is 1.02 bits per heavy atom. The van der Waals surface area contributed by atoms with Gasteiger partial charge < -0.3 is 4.74 Å². The Hall–Kier alpha value is -3.79. The van der Waals surface area contributed by atoms with Crippen molar-refractivity contribution in [3.8, 4) is 5.75 Å². The Bertz CT molecular complexity index is 1660. The summed E-state index contributed by atoms with van der Waals surface area (Å²) in [5, 5.41) is 4.52. The van der Waals surface area contributed by atoms with Gasteiger partial charge in [0.1, 0.15) is 11.9 Å². The van der Waals surface area contributed by atoms with E-state index in [1.54, 1.807) is 79.0 Å². The first-order chi connectivity index (χ1) is 19.8. The van der Waals surface area contributed by atoms with Crippen molar-refractivity contribution in [3.05, 3.63) is 124 Å². The Labute approximate surface area is 249 Å². The lowest BCUT2D eigenvalue weighted by Crippen LogP contribution is -2.31. The van der Waals surface area contributed by atoms with Gasteiger partial charge in [0.15, 0.2) is 0 Å². The molecule has 0 bridgehead atoms. The molecule has 0 atom stereocenters. The maximum Gasteiger partial charge on any atom is 0.271 e. The number of hydrogen-bond donors (Lipinski definition) is 1. The number of amides is 1. The third-order valence-electron chi connectivity index (χ3n) is 6.46. The maximum absolute atomic E-state index is 13.7. The van der Waals surface area contributed by atoms with Crippen molar-refractivity contribution in [1.29, 1.82) is 0 Å². The number of anilines is 1. The van der Waals surface area contributed by atoms with Crippen molar-refractivity contribution in [2.24, 2.45) is 5.10 Å². The zero-order chi connectivity index (χ0) is 28.8. The first-order valence-corrected chi connectivity index (χ1v) is 15.9. The highest BCUT2D eigenvalue weighted by atomic mass is 35.5. The second kappa shape index (κ2) is 12.8. The van der Waals surface area contributed by atoms with E-state index >= 15 is 0 Å². The molecule has 0 radical (unpaired) electrons. The minimum atomic E-state index is -3.90. The molecule has 0 saturated carbocycles. The Balaban J connectivity index is 1.29. The zero-order valence-electron chi connectivity index (χ0n) is 22.2. The van der Waals surface area contributed by atoms with Crippen LogP contribution < -0.4 is 14.5 Å². The molecule has 0 aromatic heterocycles. The molecular weight excluding hydrogens is 578 g/mol. The van der Waals surface area contributed by atoms with Gasteiger partial charge in [0.25, 0.3) is 15.9 Å². The number of hydrogen-bond acceptors (Lipinski definition) is 6. The van der Waals surface area contributed by atoms with Gasteiger partial charge >= 0.3 is 0 Å². The summed E-state index contributed by atoms with van der Waals surface area (Å²) < 4.78 is 34.6. The molecule has 1 amide bonds. The van der Waals surface area contributed by atoms with E-state index in [2.05, 4.69) is 10.5 Å². The molecule has 5 rings (SSSR count). The van der Waals surface area contributed by atoms with Crippen molar-refractivity contribution in [2.45, 2.75) is 24.5 Å². The van der Waals surface area contributed by atoms with Crippen LogP contribution in [0.5, 0.6) is 5.75 Å². The fourth-order valence-corrected chi connectivity index (χ4v) is 6.43. The molecular formula is C31H28ClN3O4S2. The molecule has 10 heteroatoms. The summed E-state index contributed by atoms with van der Waals surface area (Å²) in [5.41, 5.74) is 5.69. The summed E-state index contributed by atoms with van der Waals surface area (Å²) in [6.45, 7) is 1.89. The van der Waals surface area contributed by atoms with Crippen molar-refractivity contribution in [3.63, 3.8) is 0 Å². The predicted molar refractivity (Wildman–Crippen MR) is 166 cm³/mol. The Kier molecular flexibility index (Phi) is 8.97. The van der Waals surface area contributed by atoms with Gasteiger partial charge in [-0.05, 0) is 72.1 Å². The first-order valence-electron chi connectivity index (χ1n) is 12.9. The van der Waals surface area contributed by atoms with Crippen LogP contribution in [0, 0.1) is 6.92 Å². The number of rotatable bonds is 10. The predicted octanol–water partition coefficient (Wildman–Crippen LogP) is 6.30. The number of nitrogens with one attached hydrogen (secondary N) is 1. The zero-order valence-corrected chi connectivity index (χ0v) is 24.6. The van der Waals surface area contributed by atoms with E-state index in [0.29, 0.717) is 21.8 Å². The standard InChI is InChI=1S/C31H28ClN3O4S2/c1-22-10-15-26(32)17-30(22)35(41(37,38)29-8-3-2-4-9-29)19-23-11-13-25(14-12-23)31(36)34-33-18-24-6-5-7-27(16-24)39-28-20-40-21-28/h2-18,28H,19-21H2,1H3,(H,34,36)/b33-18-. The highest BCUT2D eigenvalue weighted by Gasteiger charge is 2.26. The van der Waals surface area contributed by atoms with Crippen LogP contribution in [-0.2, 0) is 16.6 Å². The average Bonchev–Trinajstić information content (AvgIpc) is 2.96. The monoisotopic (exact) mass is 605 g/mol. The number of ether oxygens (including phenoxy) is 1. The van der Waals surface area contributed by atoms with Crippen LogP contribution in [0.4, 0.5) is 5.69 Å². The third kappa shape index (κ3) is 7.11. The molecule has 1 heterocycles. The number of thioether (sulfide) groups is 1. The molecule has 4 aromatic rings. The van der Waals surface area contributed by atoms with E-state index in [0.717, 1.165) is 28.4 Å². The maximum atomic E-state index is 13.7. The van der Waals surface area contributed by atoms with Gasteiger partial charge in [-0.15, -0.1) is 0 Å². The normalized spacial score (nSPS) is 13.5. The number of hydrazone groups is 1. The van der Waals surface area contributed by atoms with Crippen LogP contribution in [0.1, 0.15) is 27.0 Å². The second-order valence-electron chi connectivity index (χ2n) is 9.50. The summed E-state index contributed by atoms with van der Waals surface area (Å²) in [4.78, 5) is 12.9. The minimum Gasteiger partial charge on any atom is -0.489 e. The molecule has 0 unspecified atom stereocenters. The van der Waals surface area contributed by atoms with Gasteiger partial charge in [-0.3, -0.25) is 9.10 Å². The van der Waals surface area contributed by atoms with Crippen LogP contribution in [0.25, 0.3) is 0 Å². The lowest BCUT2D eigenvalue weighted by molar-refractivity contribution is 0.0955. The van der Waals surface area contributed by atoms with Crippen molar-refractivity contribution in [2.75, 3.05) is 15.8 Å². The summed E-state index contributed by atoms with van der Waals surface area (Å²) in [7, 11) is -3.90. The molecule has 0 spiro atoms. The number of nitrogens with zero attached hydrogens (tertiary/aromatic N) is 2. The second-order valence-corrected chi connectivity index (χ2v) is 12.9. The molecule has 41 heavy (non-hydrogen) atoms. The largest absolute Gasteiger partial charge is 0.489 e. The summed E-state index contributed by atoms with van der Waals surface area (Å²) in [6.07, 6.45) is 1.81. The van der Waals surface area contributed by atoms with Gasteiger partial charge in [-0.25, -0.2) is 13.8 Å². The number of benzene rings is 4. The van der Waals surface area contributed by atoms with Crippen molar-refractivity contribution < 1.29 is 17.9 Å². The lowest BCUT2D eigenvalue weighted by atomic mass is 10.1. The quantitative estimate of drug-likeness (QED) is 0.169. The number of carbonyl (C=O) groups excluding carboxylic acids is 1. The highest BCUT2D eigenvalue weighted by molar-refractivity contribution is 8.00. The summed E-state index contributed by atoms with van der Waals surface area (Å²) in [6, 6.07) is 27.7. The van der Waals surface area contributed by atoms with Gasteiger partial charge in [-0.1, -0.05) is 60.1 Å². The third-order valence-corrected chi connectivity index (χ3v) is 9.69. The highest BCUT2D eigenvalue weighted by Crippen LogP contribution is 2.31. The van der Waals surface area contributed by atoms with Gasteiger partial charge in [0.05, 0.1) is 23.3 Å². The van der Waals surface area contributed by atoms with Crippen molar-refractivity contribution in [1.82, 2.24) is 5.43 Å². The molecule has 210 valence electrons. The molecule has 1 N–H and O–H groups in total. The summed E-state index contributed by atoms with van der Waals surface area (Å²) in [5.74, 6) is 2.38. The fourth-order valence-electron chi connectivity index (χ4n) is 4.17. The molecule has 7 nitrogen and oxygen atoms in total. The van der Waals surface area contributed by atoms with Gasteiger partial charge in [0, 0.05) is 22.1 Å². The van der Waals surface area contributed by atoms with Crippen LogP contribution in [0.2, 0.25) is 5.02 Å². The fraction of sp³-hybridized carbons (Fsp3) is 0.161. The molecule has 1 fully saturated rings. The smallest absolute Gasteiger partial charge is 0.271 e. The van der Waals surface area contributed by atoms with E-state index in [-0.39, 0.29) is 23.5 Å². The Morgan fingerprint density at radius 2 is 1.78 bits per heavy atom. The molecule has 4 aromatic carbocycles. The Morgan fingerprint density at radius 3 is 2.49 bits per heavy atom. The number of aryl methyl sites for hydroxylation is 1. The van der Waals surface area contributed by atoms with Crippen LogP contribution in [0.3, 0.4) is 0 Å². The number of sulfonamides is 1. The van der Waals surface area contributed by atoms with E-state index in [4.69, 9.17) is 16.3 Å². The van der Waals surface area contributed by atoms with Crippen molar-refractivity contribution >= 4 is 51.2 Å². The van der Waals surface area contributed by atoms with E-state index in [1.165, 1.54) is 4.31 Å². The van der Waals surface area contributed by atoms with Gasteiger partial charge in [-0.2, -0.15) is 16.9 Å². The van der Waals surface area contributed by atoms with Crippen LogP contribution >= 0.6 is 23.4 Å². The van der Waals surface area contributed by atoms with E-state index < -0.39 is 10.0 Å².